The van der Waals surface area contributed by atoms with Crippen LogP contribution in [0.15, 0.2) is 42.6 Å². The first-order valence-electron chi connectivity index (χ1n) is 8.49. The van der Waals surface area contributed by atoms with Crippen LogP contribution in [0.5, 0.6) is 0 Å². The molecule has 0 unspecified atom stereocenters. The second kappa shape index (κ2) is 7.39. The van der Waals surface area contributed by atoms with Crippen molar-refractivity contribution in [1.82, 2.24) is 14.8 Å². The molecule has 0 radical (unpaired) electrons. The summed E-state index contributed by atoms with van der Waals surface area (Å²) in [6, 6.07) is 11.7. The lowest BCUT2D eigenvalue weighted by Crippen LogP contribution is -2.13. The van der Waals surface area contributed by atoms with E-state index in [0.29, 0.717) is 29.1 Å². The number of ether oxygens (including phenoxy) is 1. The van der Waals surface area contributed by atoms with Gasteiger partial charge in [0, 0.05) is 17.5 Å². The number of esters is 1. The van der Waals surface area contributed by atoms with E-state index >= 15 is 0 Å². The molecule has 0 aliphatic heterocycles. The first-order valence-corrected chi connectivity index (χ1v) is 8.49. The minimum atomic E-state index is -0.414. The summed E-state index contributed by atoms with van der Waals surface area (Å²) in [5, 5.41) is 4.46. The van der Waals surface area contributed by atoms with Crippen molar-refractivity contribution in [1.29, 1.82) is 0 Å². The van der Waals surface area contributed by atoms with Crippen LogP contribution < -0.4 is 0 Å². The monoisotopic (exact) mass is 351 g/mol. The number of nitrogens with one attached hydrogen (secondary N) is 1. The Bertz CT molecular complexity index is 939. The Labute approximate surface area is 151 Å². The maximum atomic E-state index is 12.7. The molecule has 3 aromatic rings. The van der Waals surface area contributed by atoms with E-state index in [4.69, 9.17) is 4.74 Å². The fraction of sp³-hybridized carbons (Fsp3) is 0.250. The first-order chi connectivity index (χ1) is 12.5. The Morgan fingerprint density at radius 2 is 1.88 bits per heavy atom. The number of Topliss-reactive ketones (excluding diaryl/α,β-unsaturated/α-hetero) is 1. The van der Waals surface area contributed by atoms with Crippen LogP contribution in [-0.4, -0.2) is 33.1 Å². The molecule has 2 heterocycles. The van der Waals surface area contributed by atoms with Crippen LogP contribution in [0.4, 0.5) is 0 Å². The number of ketones is 1. The van der Waals surface area contributed by atoms with Gasteiger partial charge in [-0.1, -0.05) is 30.3 Å². The summed E-state index contributed by atoms with van der Waals surface area (Å²) < 4.78 is 6.67. The van der Waals surface area contributed by atoms with E-state index < -0.39 is 5.97 Å². The number of H-pyrrole nitrogens is 1. The van der Waals surface area contributed by atoms with Gasteiger partial charge in [0.05, 0.1) is 23.6 Å². The standard InChI is InChI=1S/C20H21N3O3/c1-4-26-20(25)18-13(2)19(21-14(18)3)17(24)12-23-11-10-16(22-23)15-8-6-5-7-9-15/h5-11,21H,4,12H2,1-3H3. The second-order valence-electron chi connectivity index (χ2n) is 6.03. The molecule has 0 saturated heterocycles. The molecule has 0 fully saturated rings. The lowest BCUT2D eigenvalue weighted by molar-refractivity contribution is 0.0525. The highest BCUT2D eigenvalue weighted by atomic mass is 16.5. The average Bonchev–Trinajstić information content (AvgIpc) is 3.20. The molecule has 3 rings (SSSR count). The quantitative estimate of drug-likeness (QED) is 0.544. The lowest BCUT2D eigenvalue weighted by atomic mass is 10.1. The summed E-state index contributed by atoms with van der Waals surface area (Å²) in [5.41, 5.74) is 3.90. The van der Waals surface area contributed by atoms with Crippen LogP contribution >= 0.6 is 0 Å². The third-order valence-corrected chi connectivity index (χ3v) is 4.21. The summed E-state index contributed by atoms with van der Waals surface area (Å²) in [4.78, 5) is 27.8. The molecular formula is C20H21N3O3. The number of carbonyl (C=O) groups is 2. The molecule has 0 saturated carbocycles. The molecule has 0 spiro atoms. The minimum Gasteiger partial charge on any atom is -0.462 e. The lowest BCUT2D eigenvalue weighted by Gasteiger charge is -2.03. The van der Waals surface area contributed by atoms with Crippen LogP contribution in [0.2, 0.25) is 0 Å². The summed E-state index contributed by atoms with van der Waals surface area (Å²) in [6.45, 7) is 5.65. The van der Waals surface area contributed by atoms with E-state index in [9.17, 15) is 9.59 Å². The fourth-order valence-corrected chi connectivity index (χ4v) is 2.98. The van der Waals surface area contributed by atoms with Gasteiger partial charge in [0.2, 0.25) is 5.78 Å². The molecule has 6 heteroatoms. The summed E-state index contributed by atoms with van der Waals surface area (Å²) in [6.07, 6.45) is 1.78. The van der Waals surface area contributed by atoms with Crippen molar-refractivity contribution < 1.29 is 14.3 Å². The zero-order valence-corrected chi connectivity index (χ0v) is 15.1. The number of nitrogens with zero attached hydrogens (tertiary/aromatic N) is 2. The number of benzene rings is 1. The van der Waals surface area contributed by atoms with Gasteiger partial charge < -0.3 is 9.72 Å². The maximum Gasteiger partial charge on any atom is 0.340 e. The van der Waals surface area contributed by atoms with E-state index in [0.717, 1.165) is 11.3 Å². The predicted octanol–water partition coefficient (Wildman–Crippen LogP) is 3.55. The predicted molar refractivity (Wildman–Crippen MR) is 98.2 cm³/mol. The van der Waals surface area contributed by atoms with Crippen molar-refractivity contribution in [2.24, 2.45) is 0 Å². The van der Waals surface area contributed by atoms with Gasteiger partial charge in [-0.3, -0.25) is 9.48 Å². The molecule has 0 atom stereocenters. The highest BCUT2D eigenvalue weighted by Crippen LogP contribution is 2.20. The van der Waals surface area contributed by atoms with Crippen molar-refractivity contribution in [3.8, 4) is 11.3 Å². The number of aromatic nitrogens is 3. The molecule has 1 aromatic carbocycles. The molecule has 0 aliphatic rings. The van der Waals surface area contributed by atoms with Gasteiger partial charge in [-0.15, -0.1) is 0 Å². The molecule has 134 valence electrons. The van der Waals surface area contributed by atoms with Gasteiger partial charge in [0.25, 0.3) is 0 Å². The molecule has 2 aromatic heterocycles. The summed E-state index contributed by atoms with van der Waals surface area (Å²) >= 11 is 0. The smallest absolute Gasteiger partial charge is 0.340 e. The Hall–Kier alpha value is -3.15. The van der Waals surface area contributed by atoms with E-state index in [1.165, 1.54) is 0 Å². The largest absolute Gasteiger partial charge is 0.462 e. The second-order valence-corrected chi connectivity index (χ2v) is 6.03. The molecular weight excluding hydrogens is 330 g/mol. The molecule has 0 aliphatic carbocycles. The van der Waals surface area contributed by atoms with Crippen LogP contribution in [0.3, 0.4) is 0 Å². The third kappa shape index (κ3) is 3.44. The fourth-order valence-electron chi connectivity index (χ4n) is 2.98. The molecule has 0 bridgehead atoms. The zero-order valence-electron chi connectivity index (χ0n) is 15.1. The molecule has 0 amide bonds. The van der Waals surface area contributed by atoms with Gasteiger partial charge in [0.15, 0.2) is 0 Å². The third-order valence-electron chi connectivity index (χ3n) is 4.21. The van der Waals surface area contributed by atoms with Crippen LogP contribution in [0, 0.1) is 13.8 Å². The number of hydrogen-bond donors (Lipinski definition) is 1. The number of aromatic amines is 1. The first kappa shape index (κ1) is 17.7. The highest BCUT2D eigenvalue weighted by Gasteiger charge is 2.23. The van der Waals surface area contributed by atoms with E-state index in [1.54, 1.807) is 31.6 Å². The summed E-state index contributed by atoms with van der Waals surface area (Å²) in [7, 11) is 0. The van der Waals surface area contributed by atoms with Gasteiger partial charge >= 0.3 is 5.97 Å². The van der Waals surface area contributed by atoms with Crippen molar-refractivity contribution in [2.45, 2.75) is 27.3 Å². The van der Waals surface area contributed by atoms with Crippen LogP contribution in [-0.2, 0) is 11.3 Å². The normalized spacial score (nSPS) is 10.7. The van der Waals surface area contributed by atoms with E-state index in [1.807, 2.05) is 36.4 Å². The topological polar surface area (TPSA) is 77.0 Å². The van der Waals surface area contributed by atoms with Gasteiger partial charge in [-0.05, 0) is 32.4 Å². The van der Waals surface area contributed by atoms with Crippen molar-refractivity contribution in [3.05, 3.63) is 65.1 Å². The highest BCUT2D eigenvalue weighted by molar-refractivity contribution is 6.01. The van der Waals surface area contributed by atoms with Gasteiger partial charge in [-0.2, -0.15) is 5.10 Å². The van der Waals surface area contributed by atoms with Crippen LogP contribution in [0.1, 0.15) is 39.0 Å². The van der Waals surface area contributed by atoms with Crippen molar-refractivity contribution >= 4 is 11.8 Å². The maximum absolute atomic E-state index is 12.7. The molecule has 26 heavy (non-hydrogen) atoms. The molecule has 1 N–H and O–H groups in total. The van der Waals surface area contributed by atoms with Crippen LogP contribution in [0.25, 0.3) is 11.3 Å². The number of hydrogen-bond acceptors (Lipinski definition) is 4. The van der Waals surface area contributed by atoms with Crippen molar-refractivity contribution in [2.75, 3.05) is 6.61 Å². The number of rotatable bonds is 6. The zero-order chi connectivity index (χ0) is 18.7. The number of aryl methyl sites for hydroxylation is 1. The van der Waals surface area contributed by atoms with Crippen molar-refractivity contribution in [3.63, 3.8) is 0 Å². The molecule has 6 nitrogen and oxygen atoms in total. The summed E-state index contributed by atoms with van der Waals surface area (Å²) in [5.74, 6) is -0.549. The Kier molecular flexibility index (Phi) is 5.02. The Morgan fingerprint density at radius 1 is 1.15 bits per heavy atom. The van der Waals surface area contributed by atoms with Gasteiger partial charge in [0.1, 0.15) is 6.54 Å². The Morgan fingerprint density at radius 3 is 2.58 bits per heavy atom. The van der Waals surface area contributed by atoms with E-state index in [2.05, 4.69) is 10.1 Å². The average molecular weight is 351 g/mol. The van der Waals surface area contributed by atoms with Gasteiger partial charge in [-0.25, -0.2) is 4.79 Å². The van der Waals surface area contributed by atoms with E-state index in [-0.39, 0.29) is 12.3 Å². The Balaban J connectivity index is 1.80. The minimum absolute atomic E-state index is 0.0931. The SMILES string of the molecule is CCOC(=O)c1c(C)[nH]c(C(=O)Cn2ccc(-c3ccccc3)n2)c1C. The number of carbonyl (C=O) groups excluding carboxylic acids is 2.